The lowest BCUT2D eigenvalue weighted by Gasteiger charge is -2.24. The summed E-state index contributed by atoms with van der Waals surface area (Å²) in [5, 5.41) is 3.46. The number of ether oxygens (including phenoxy) is 1. The van der Waals surface area contributed by atoms with Crippen LogP contribution in [0.4, 0.5) is 0 Å². The Balaban J connectivity index is 0.00000208. The maximum atomic E-state index is 5.63. The summed E-state index contributed by atoms with van der Waals surface area (Å²) in [6.45, 7) is 7.94. The Morgan fingerprint density at radius 1 is 1.33 bits per heavy atom. The van der Waals surface area contributed by atoms with E-state index in [0.717, 1.165) is 51.1 Å². The van der Waals surface area contributed by atoms with Crippen molar-refractivity contribution in [1.29, 1.82) is 0 Å². The van der Waals surface area contributed by atoms with E-state index in [1.54, 1.807) is 0 Å². The molecule has 1 spiro atoms. The molecule has 0 aromatic heterocycles. The van der Waals surface area contributed by atoms with Gasteiger partial charge in [-0.25, -0.2) is 0 Å². The fourth-order valence-electron chi connectivity index (χ4n) is 3.34. The fourth-order valence-corrected chi connectivity index (χ4v) is 4.11. The molecular weight excluding hydrogens is 433 g/mol. The zero-order valence-corrected chi connectivity index (χ0v) is 17.5. The van der Waals surface area contributed by atoms with Crippen molar-refractivity contribution in [2.45, 2.75) is 24.7 Å². The van der Waals surface area contributed by atoms with E-state index in [-0.39, 0.29) is 24.0 Å². The number of halogens is 1. The highest BCUT2D eigenvalue weighted by Gasteiger charge is 2.42. The number of thioether (sulfide) groups is 1. The van der Waals surface area contributed by atoms with Gasteiger partial charge in [-0.15, -0.1) is 35.7 Å². The first-order valence-electron chi connectivity index (χ1n) is 8.60. The Kier molecular flexibility index (Phi) is 8.16. The molecule has 1 atom stereocenters. The van der Waals surface area contributed by atoms with Crippen molar-refractivity contribution in [1.82, 2.24) is 10.2 Å². The molecule has 2 fully saturated rings. The second-order valence-electron chi connectivity index (χ2n) is 6.37. The van der Waals surface area contributed by atoms with Crippen LogP contribution in [0.15, 0.2) is 40.2 Å². The summed E-state index contributed by atoms with van der Waals surface area (Å²) in [5.74, 6) is 2.09. The van der Waals surface area contributed by atoms with Gasteiger partial charge in [-0.3, -0.25) is 4.99 Å². The standard InChI is InChI=1S/C18H27N3OS.HI/c1-2-19-17(20-10-13-23-16-6-4-3-5-7-16)21-11-8-18(14-21)9-12-22-15-18;/h3-7H,2,8-15H2,1H3,(H,19,20);1H. The van der Waals surface area contributed by atoms with Gasteiger partial charge in [0, 0.05) is 42.3 Å². The summed E-state index contributed by atoms with van der Waals surface area (Å²) < 4.78 is 5.63. The fraction of sp³-hybridized carbons (Fsp3) is 0.611. The van der Waals surface area contributed by atoms with E-state index >= 15 is 0 Å². The molecule has 1 aromatic carbocycles. The van der Waals surface area contributed by atoms with Crippen molar-refractivity contribution in [2.75, 3.05) is 45.1 Å². The van der Waals surface area contributed by atoms with Gasteiger partial charge in [-0.05, 0) is 31.9 Å². The molecule has 0 bridgehead atoms. The van der Waals surface area contributed by atoms with Gasteiger partial charge in [0.25, 0.3) is 0 Å². The third kappa shape index (κ3) is 5.26. The number of nitrogens with one attached hydrogen (secondary N) is 1. The summed E-state index contributed by atoms with van der Waals surface area (Å²) in [7, 11) is 0. The monoisotopic (exact) mass is 461 g/mol. The van der Waals surface area contributed by atoms with Gasteiger partial charge in [0.1, 0.15) is 0 Å². The average Bonchev–Trinajstić information content (AvgIpc) is 3.22. The minimum Gasteiger partial charge on any atom is -0.381 e. The maximum absolute atomic E-state index is 5.63. The van der Waals surface area contributed by atoms with Crippen molar-refractivity contribution >= 4 is 41.7 Å². The first-order chi connectivity index (χ1) is 11.3. The summed E-state index contributed by atoms with van der Waals surface area (Å²) in [6.07, 6.45) is 2.43. The summed E-state index contributed by atoms with van der Waals surface area (Å²) in [6, 6.07) is 10.5. The quantitative estimate of drug-likeness (QED) is 0.240. The van der Waals surface area contributed by atoms with E-state index < -0.39 is 0 Å². The van der Waals surface area contributed by atoms with Crippen molar-refractivity contribution in [2.24, 2.45) is 10.4 Å². The molecule has 134 valence electrons. The van der Waals surface area contributed by atoms with Crippen molar-refractivity contribution in [3.05, 3.63) is 30.3 Å². The molecule has 0 amide bonds. The number of hydrogen-bond donors (Lipinski definition) is 1. The Labute approximate surface area is 166 Å². The molecule has 4 nitrogen and oxygen atoms in total. The van der Waals surface area contributed by atoms with Crippen molar-refractivity contribution in [3.8, 4) is 0 Å². The van der Waals surface area contributed by atoms with Gasteiger partial charge in [0.15, 0.2) is 5.96 Å². The first kappa shape index (κ1) is 19.8. The number of aliphatic imine (C=N–C) groups is 1. The van der Waals surface area contributed by atoms with Crippen LogP contribution >= 0.6 is 35.7 Å². The number of rotatable bonds is 5. The van der Waals surface area contributed by atoms with Crippen LogP contribution in [-0.4, -0.2) is 56.0 Å². The lowest BCUT2D eigenvalue weighted by Crippen LogP contribution is -2.41. The number of hydrogen-bond acceptors (Lipinski definition) is 3. The van der Waals surface area contributed by atoms with Gasteiger partial charge in [0.2, 0.25) is 0 Å². The van der Waals surface area contributed by atoms with Crippen LogP contribution in [0.2, 0.25) is 0 Å². The Morgan fingerprint density at radius 3 is 2.88 bits per heavy atom. The molecule has 1 N–H and O–H groups in total. The van der Waals surface area contributed by atoms with Gasteiger partial charge in [0.05, 0.1) is 13.2 Å². The molecule has 3 rings (SSSR count). The molecule has 24 heavy (non-hydrogen) atoms. The van der Waals surface area contributed by atoms with Gasteiger partial charge >= 0.3 is 0 Å². The topological polar surface area (TPSA) is 36.9 Å². The Morgan fingerprint density at radius 2 is 2.17 bits per heavy atom. The van der Waals surface area contributed by atoms with E-state index in [1.165, 1.54) is 17.7 Å². The normalized spacial score (nSPS) is 23.5. The van der Waals surface area contributed by atoms with Gasteiger partial charge < -0.3 is 15.0 Å². The van der Waals surface area contributed by atoms with Gasteiger partial charge in [-0.1, -0.05) is 18.2 Å². The largest absolute Gasteiger partial charge is 0.381 e. The second-order valence-corrected chi connectivity index (χ2v) is 7.54. The van der Waals surface area contributed by atoms with Crippen molar-refractivity contribution < 1.29 is 4.74 Å². The summed E-state index contributed by atoms with van der Waals surface area (Å²) >= 11 is 1.87. The van der Waals surface area contributed by atoms with Crippen LogP contribution in [0.25, 0.3) is 0 Å². The molecule has 0 radical (unpaired) electrons. The third-order valence-corrected chi connectivity index (χ3v) is 5.61. The smallest absolute Gasteiger partial charge is 0.193 e. The molecule has 1 unspecified atom stereocenters. The van der Waals surface area contributed by atoms with Crippen LogP contribution in [0.3, 0.4) is 0 Å². The lowest BCUT2D eigenvalue weighted by atomic mass is 9.87. The SMILES string of the molecule is CCNC(=NCCSc1ccccc1)N1CCC2(CCOC2)C1.I. The van der Waals surface area contributed by atoms with E-state index in [2.05, 4.69) is 47.5 Å². The van der Waals surface area contributed by atoms with Gasteiger partial charge in [-0.2, -0.15) is 0 Å². The minimum absolute atomic E-state index is 0. The van der Waals surface area contributed by atoms with Crippen LogP contribution in [0.1, 0.15) is 19.8 Å². The maximum Gasteiger partial charge on any atom is 0.193 e. The van der Waals surface area contributed by atoms with Crippen molar-refractivity contribution in [3.63, 3.8) is 0 Å². The zero-order valence-electron chi connectivity index (χ0n) is 14.4. The highest BCUT2D eigenvalue weighted by molar-refractivity contribution is 14.0. The van der Waals surface area contributed by atoms with Crippen LogP contribution in [0, 0.1) is 5.41 Å². The van der Waals surface area contributed by atoms with Crippen LogP contribution < -0.4 is 5.32 Å². The summed E-state index contributed by atoms with van der Waals surface area (Å²) in [5.41, 5.74) is 0.384. The number of guanidine groups is 1. The van der Waals surface area contributed by atoms with E-state index in [4.69, 9.17) is 9.73 Å². The lowest BCUT2D eigenvalue weighted by molar-refractivity contribution is 0.156. The molecule has 1 aromatic rings. The summed E-state index contributed by atoms with van der Waals surface area (Å²) in [4.78, 5) is 8.57. The molecular formula is C18H28IN3OS. The minimum atomic E-state index is 0. The zero-order chi connectivity index (χ0) is 16.0. The van der Waals surface area contributed by atoms with E-state index in [1.807, 2.05) is 11.8 Å². The predicted molar refractivity (Wildman–Crippen MR) is 113 cm³/mol. The highest BCUT2D eigenvalue weighted by Crippen LogP contribution is 2.38. The molecule has 0 saturated carbocycles. The Hall–Kier alpha value is -0.470. The number of nitrogens with zero attached hydrogens (tertiary/aromatic N) is 2. The van der Waals surface area contributed by atoms with E-state index in [9.17, 15) is 0 Å². The molecule has 2 saturated heterocycles. The predicted octanol–water partition coefficient (Wildman–Crippen LogP) is 3.47. The molecule has 6 heteroatoms. The third-order valence-electron chi connectivity index (χ3n) is 4.62. The molecule has 2 aliphatic rings. The van der Waals surface area contributed by atoms with Crippen LogP contribution in [0.5, 0.6) is 0 Å². The molecule has 2 heterocycles. The van der Waals surface area contributed by atoms with Crippen LogP contribution in [-0.2, 0) is 4.74 Å². The number of likely N-dealkylation sites (tertiary alicyclic amines) is 1. The average molecular weight is 461 g/mol. The number of benzene rings is 1. The molecule has 2 aliphatic heterocycles. The highest BCUT2D eigenvalue weighted by atomic mass is 127. The van der Waals surface area contributed by atoms with E-state index in [0.29, 0.717) is 5.41 Å². The first-order valence-corrected chi connectivity index (χ1v) is 9.59. The second kappa shape index (κ2) is 9.87. The Bertz CT molecular complexity index is 520. The molecule has 0 aliphatic carbocycles.